The third-order valence-corrected chi connectivity index (χ3v) is 2.20. The molecule has 5 nitrogen and oxygen atoms in total. The lowest BCUT2D eigenvalue weighted by Gasteiger charge is -2.09. The molecule has 0 aliphatic rings. The average Bonchev–Trinajstić information content (AvgIpc) is 2.33. The lowest BCUT2D eigenvalue weighted by Crippen LogP contribution is -2.26. The van der Waals surface area contributed by atoms with E-state index in [0.717, 1.165) is 18.7 Å². The Hall–Kier alpha value is -1.75. The first kappa shape index (κ1) is 13.3. The molecule has 0 unspecified atom stereocenters. The summed E-state index contributed by atoms with van der Waals surface area (Å²) in [7, 11) is 3.97. The van der Waals surface area contributed by atoms with Crippen molar-refractivity contribution in [3.8, 4) is 0 Å². The topological polar surface area (TPSA) is 62.3 Å². The zero-order valence-electron chi connectivity index (χ0n) is 10.1. The first-order valence-electron chi connectivity index (χ1n) is 5.46. The molecule has 1 N–H and O–H groups in total. The number of likely N-dealkylation sites (N-methyl/N-ethyl adjacent to an activating group) is 1. The smallest absolute Gasteiger partial charge is 0.270 e. The van der Waals surface area contributed by atoms with Crippen LogP contribution in [-0.4, -0.2) is 49.3 Å². The first-order chi connectivity index (χ1) is 8.13. The summed E-state index contributed by atoms with van der Waals surface area (Å²) < 4.78 is 0. The predicted molar refractivity (Wildman–Crippen MR) is 64.9 cm³/mol. The molecule has 0 aromatic carbocycles. The van der Waals surface area contributed by atoms with Crippen LogP contribution in [0.15, 0.2) is 18.2 Å². The van der Waals surface area contributed by atoms with E-state index >= 15 is 0 Å². The summed E-state index contributed by atoms with van der Waals surface area (Å²) in [5.74, 6) is -0.316. The van der Waals surface area contributed by atoms with Gasteiger partial charge in [0, 0.05) is 18.7 Å². The number of amides is 1. The zero-order valence-corrected chi connectivity index (χ0v) is 10.1. The number of pyridine rings is 1. The van der Waals surface area contributed by atoms with E-state index < -0.39 is 0 Å². The Labute approximate surface area is 101 Å². The molecule has 0 atom stereocenters. The zero-order chi connectivity index (χ0) is 12.7. The monoisotopic (exact) mass is 235 g/mol. The van der Waals surface area contributed by atoms with Crippen molar-refractivity contribution < 1.29 is 9.59 Å². The number of carbonyl (C=O) groups excluding carboxylic acids is 2. The molecule has 17 heavy (non-hydrogen) atoms. The Balaban J connectivity index is 2.64. The van der Waals surface area contributed by atoms with E-state index in [1.165, 1.54) is 0 Å². The van der Waals surface area contributed by atoms with E-state index in [1.54, 1.807) is 12.1 Å². The Morgan fingerprint density at radius 2 is 2.24 bits per heavy atom. The van der Waals surface area contributed by atoms with Crippen molar-refractivity contribution in [3.05, 3.63) is 29.6 Å². The number of hydrogen-bond acceptors (Lipinski definition) is 4. The molecular weight excluding hydrogens is 218 g/mol. The summed E-state index contributed by atoms with van der Waals surface area (Å²) in [4.78, 5) is 28.0. The number of carbonyl (C=O) groups is 2. The molecule has 0 bridgehead atoms. The van der Waals surface area contributed by atoms with Crippen molar-refractivity contribution in [3.63, 3.8) is 0 Å². The molecular formula is C12H17N3O2. The summed E-state index contributed by atoms with van der Waals surface area (Å²) in [6.45, 7) is 0.898. The quantitative estimate of drug-likeness (QED) is 0.711. The summed E-state index contributed by atoms with van der Waals surface area (Å²) in [6.07, 6.45) is 1.44. The highest BCUT2D eigenvalue weighted by molar-refractivity contribution is 5.93. The number of nitrogens with one attached hydrogen (secondary N) is 1. The van der Waals surface area contributed by atoms with Crippen molar-refractivity contribution in [2.24, 2.45) is 0 Å². The number of aromatic nitrogens is 1. The molecule has 0 spiro atoms. The molecule has 0 saturated heterocycles. The largest absolute Gasteiger partial charge is 0.344 e. The fourth-order valence-electron chi connectivity index (χ4n) is 1.31. The van der Waals surface area contributed by atoms with Crippen LogP contribution in [0, 0.1) is 0 Å². The van der Waals surface area contributed by atoms with Gasteiger partial charge in [0.15, 0.2) is 0 Å². The highest BCUT2D eigenvalue weighted by Crippen LogP contribution is 2.01. The molecule has 0 saturated carbocycles. The summed E-state index contributed by atoms with van der Waals surface area (Å²) in [6, 6.07) is 5.33. The number of aldehydes is 1. The molecule has 1 rings (SSSR count). The van der Waals surface area contributed by atoms with Gasteiger partial charge in [0.05, 0.1) is 6.54 Å². The minimum absolute atomic E-state index is 0.0163. The van der Waals surface area contributed by atoms with Gasteiger partial charge in [-0.15, -0.1) is 0 Å². The van der Waals surface area contributed by atoms with E-state index in [4.69, 9.17) is 0 Å². The maximum absolute atomic E-state index is 11.6. The maximum atomic E-state index is 11.6. The molecule has 1 aromatic rings. The molecule has 92 valence electrons. The van der Waals surface area contributed by atoms with E-state index in [2.05, 4.69) is 15.2 Å². The SMILES string of the molecule is CN(C)CCc1cccc(C(=O)NCC=O)n1. The number of rotatable bonds is 6. The van der Waals surface area contributed by atoms with Crippen LogP contribution in [0.25, 0.3) is 0 Å². The summed E-state index contributed by atoms with van der Waals surface area (Å²) in [5, 5.41) is 2.46. The van der Waals surface area contributed by atoms with Crippen molar-refractivity contribution in [1.29, 1.82) is 0 Å². The fraction of sp³-hybridized carbons (Fsp3) is 0.417. The maximum Gasteiger partial charge on any atom is 0.270 e. The molecule has 1 aromatic heterocycles. The average molecular weight is 235 g/mol. The Morgan fingerprint density at radius 3 is 2.88 bits per heavy atom. The van der Waals surface area contributed by atoms with Crippen LogP contribution in [0.4, 0.5) is 0 Å². The predicted octanol–water partition coefficient (Wildman–Crippen LogP) is 0.114. The van der Waals surface area contributed by atoms with E-state index in [-0.39, 0.29) is 12.5 Å². The van der Waals surface area contributed by atoms with E-state index in [9.17, 15) is 9.59 Å². The minimum atomic E-state index is -0.316. The van der Waals surface area contributed by atoms with Crippen molar-refractivity contribution >= 4 is 12.2 Å². The van der Waals surface area contributed by atoms with Gasteiger partial charge in [-0.2, -0.15) is 0 Å². The van der Waals surface area contributed by atoms with Crippen LogP contribution in [0.5, 0.6) is 0 Å². The summed E-state index contributed by atoms with van der Waals surface area (Å²) >= 11 is 0. The molecule has 1 heterocycles. The van der Waals surface area contributed by atoms with Gasteiger partial charge in [-0.1, -0.05) is 6.07 Å². The van der Waals surface area contributed by atoms with Gasteiger partial charge in [-0.25, -0.2) is 4.98 Å². The molecule has 0 aliphatic carbocycles. The third kappa shape index (κ3) is 4.74. The second-order valence-electron chi connectivity index (χ2n) is 3.94. The normalized spacial score (nSPS) is 10.3. The number of hydrogen-bond donors (Lipinski definition) is 1. The Bertz CT molecular complexity index is 391. The van der Waals surface area contributed by atoms with Crippen LogP contribution in [0.3, 0.4) is 0 Å². The van der Waals surface area contributed by atoms with Gasteiger partial charge in [-0.05, 0) is 26.2 Å². The van der Waals surface area contributed by atoms with Crippen LogP contribution in [0.2, 0.25) is 0 Å². The minimum Gasteiger partial charge on any atom is -0.344 e. The molecule has 1 amide bonds. The first-order valence-corrected chi connectivity index (χ1v) is 5.46. The second kappa shape index (κ2) is 6.75. The standard InChI is InChI=1S/C12H17N3O2/c1-15(2)8-6-10-4-3-5-11(14-10)12(17)13-7-9-16/h3-5,9H,6-8H2,1-2H3,(H,13,17). The van der Waals surface area contributed by atoms with Crippen molar-refractivity contribution in [2.45, 2.75) is 6.42 Å². The van der Waals surface area contributed by atoms with Crippen molar-refractivity contribution in [1.82, 2.24) is 15.2 Å². The molecule has 0 fully saturated rings. The van der Waals surface area contributed by atoms with Crippen LogP contribution < -0.4 is 5.32 Å². The van der Waals surface area contributed by atoms with Crippen LogP contribution >= 0.6 is 0 Å². The fourth-order valence-corrected chi connectivity index (χ4v) is 1.31. The lowest BCUT2D eigenvalue weighted by atomic mass is 10.2. The highest BCUT2D eigenvalue weighted by atomic mass is 16.2. The van der Waals surface area contributed by atoms with Crippen LogP contribution in [0.1, 0.15) is 16.2 Å². The molecule has 0 aliphatic heterocycles. The Kier molecular flexibility index (Phi) is 5.29. The summed E-state index contributed by atoms with van der Waals surface area (Å²) in [5.41, 5.74) is 1.22. The third-order valence-electron chi connectivity index (χ3n) is 2.20. The lowest BCUT2D eigenvalue weighted by molar-refractivity contribution is -0.107. The van der Waals surface area contributed by atoms with Gasteiger partial charge in [0.2, 0.25) is 0 Å². The van der Waals surface area contributed by atoms with E-state index in [1.807, 2.05) is 20.2 Å². The molecule has 5 heteroatoms. The Morgan fingerprint density at radius 1 is 1.47 bits per heavy atom. The van der Waals surface area contributed by atoms with Gasteiger partial charge in [0.1, 0.15) is 12.0 Å². The van der Waals surface area contributed by atoms with Gasteiger partial charge >= 0.3 is 0 Å². The van der Waals surface area contributed by atoms with E-state index in [0.29, 0.717) is 12.0 Å². The van der Waals surface area contributed by atoms with Gasteiger partial charge < -0.3 is 15.0 Å². The van der Waals surface area contributed by atoms with Crippen LogP contribution in [-0.2, 0) is 11.2 Å². The second-order valence-corrected chi connectivity index (χ2v) is 3.94. The van der Waals surface area contributed by atoms with Crippen molar-refractivity contribution in [2.75, 3.05) is 27.2 Å². The highest BCUT2D eigenvalue weighted by Gasteiger charge is 2.06. The number of nitrogens with zero attached hydrogens (tertiary/aromatic N) is 2. The van der Waals surface area contributed by atoms with Gasteiger partial charge in [-0.3, -0.25) is 4.79 Å². The molecule has 0 radical (unpaired) electrons. The van der Waals surface area contributed by atoms with Gasteiger partial charge in [0.25, 0.3) is 5.91 Å².